The highest BCUT2D eigenvalue weighted by atomic mass is 35.5. The summed E-state index contributed by atoms with van der Waals surface area (Å²) in [6, 6.07) is 2.72. The van der Waals surface area contributed by atoms with Crippen LogP contribution in [0.3, 0.4) is 0 Å². The molecule has 0 unspecified atom stereocenters. The molecule has 0 fully saturated rings. The Hall–Kier alpha value is -1.40. The van der Waals surface area contributed by atoms with E-state index in [9.17, 15) is 19.3 Å². The molecular weight excluding hydrogens is 262 g/mol. The summed E-state index contributed by atoms with van der Waals surface area (Å²) in [6.45, 7) is 0. The van der Waals surface area contributed by atoms with Gasteiger partial charge in [0.05, 0.1) is 11.0 Å². The minimum absolute atomic E-state index is 0.164. The Bertz CT molecular complexity index is 439. The Kier molecular flexibility index (Phi) is 4.03. The van der Waals surface area contributed by atoms with Gasteiger partial charge in [-0.1, -0.05) is 23.2 Å². The van der Waals surface area contributed by atoms with Gasteiger partial charge >= 0.3 is 0 Å². The lowest BCUT2D eigenvalue weighted by Gasteiger charge is -2.05. The van der Waals surface area contributed by atoms with Gasteiger partial charge in [-0.05, 0) is 12.1 Å². The molecule has 0 atom stereocenters. The fraction of sp³-hybridized carbons (Fsp3) is 0.125. The summed E-state index contributed by atoms with van der Waals surface area (Å²) in [5.41, 5.74) is -0.731. The van der Waals surface area contributed by atoms with Gasteiger partial charge in [-0.25, -0.2) is 4.39 Å². The molecule has 1 aromatic rings. The van der Waals surface area contributed by atoms with Gasteiger partial charge in [0.25, 0.3) is 11.6 Å². The van der Waals surface area contributed by atoms with E-state index in [2.05, 4.69) is 5.32 Å². The van der Waals surface area contributed by atoms with Crippen LogP contribution < -0.4 is 5.32 Å². The first-order valence-electron chi connectivity index (χ1n) is 3.95. The number of anilines is 1. The van der Waals surface area contributed by atoms with Crippen LogP contribution in [-0.2, 0) is 4.79 Å². The normalized spacial score (nSPS) is 10.2. The highest BCUT2D eigenvalue weighted by Crippen LogP contribution is 2.25. The lowest BCUT2D eigenvalue weighted by molar-refractivity contribution is -0.384. The van der Waals surface area contributed by atoms with Gasteiger partial charge in [0.2, 0.25) is 0 Å². The number of hydrogen-bond donors (Lipinski definition) is 1. The van der Waals surface area contributed by atoms with Crippen molar-refractivity contribution in [2.75, 3.05) is 5.32 Å². The molecule has 0 aliphatic carbocycles. The van der Waals surface area contributed by atoms with E-state index in [0.29, 0.717) is 6.07 Å². The molecule has 1 rings (SSSR count). The summed E-state index contributed by atoms with van der Waals surface area (Å²) in [7, 11) is 0. The van der Waals surface area contributed by atoms with E-state index in [0.717, 1.165) is 12.1 Å². The fourth-order valence-electron chi connectivity index (χ4n) is 0.949. The lowest BCUT2D eigenvalue weighted by atomic mass is 10.2. The molecule has 0 aliphatic heterocycles. The maximum absolute atomic E-state index is 12.7. The van der Waals surface area contributed by atoms with Gasteiger partial charge in [-0.3, -0.25) is 14.9 Å². The first kappa shape index (κ1) is 12.7. The maximum Gasteiger partial charge on any atom is 0.295 e. The Morgan fingerprint density at radius 2 is 2.12 bits per heavy atom. The summed E-state index contributed by atoms with van der Waals surface area (Å²) >= 11 is 10.5. The fourth-order valence-corrected chi connectivity index (χ4v) is 1.06. The third-order valence-corrected chi connectivity index (χ3v) is 2.01. The van der Waals surface area contributed by atoms with Crippen LogP contribution in [0.2, 0.25) is 0 Å². The Labute approximate surface area is 99.3 Å². The maximum atomic E-state index is 12.7. The third-order valence-electron chi connectivity index (χ3n) is 1.61. The van der Waals surface area contributed by atoms with Crippen LogP contribution in [0.5, 0.6) is 0 Å². The number of rotatable bonds is 3. The van der Waals surface area contributed by atoms with Gasteiger partial charge < -0.3 is 5.32 Å². The second kappa shape index (κ2) is 5.09. The van der Waals surface area contributed by atoms with E-state index in [-0.39, 0.29) is 5.69 Å². The van der Waals surface area contributed by atoms with Gasteiger partial charge in [0, 0.05) is 0 Å². The van der Waals surface area contributed by atoms with E-state index in [1.54, 1.807) is 0 Å². The van der Waals surface area contributed by atoms with E-state index in [1.165, 1.54) is 0 Å². The molecule has 0 heterocycles. The number of halogens is 3. The second-order valence-electron chi connectivity index (χ2n) is 2.71. The molecule has 1 amide bonds. The zero-order chi connectivity index (χ0) is 12.3. The summed E-state index contributed by atoms with van der Waals surface area (Å²) in [4.78, 5) is 19.4. The summed E-state index contributed by atoms with van der Waals surface area (Å²) < 4.78 is 12.7. The van der Waals surface area contributed by atoms with E-state index < -0.39 is 27.2 Å². The highest BCUT2D eigenvalue weighted by Gasteiger charge is 2.19. The Balaban J connectivity index is 3.04. The topological polar surface area (TPSA) is 72.2 Å². The first-order chi connectivity index (χ1) is 7.41. The SMILES string of the molecule is O=C(Nc1ccc(F)cc1[N+](=O)[O-])C(Cl)Cl. The van der Waals surface area contributed by atoms with Crippen molar-refractivity contribution >= 4 is 40.5 Å². The van der Waals surface area contributed by atoms with Crippen molar-refractivity contribution < 1.29 is 14.1 Å². The van der Waals surface area contributed by atoms with Crippen molar-refractivity contribution in [2.45, 2.75) is 4.84 Å². The Morgan fingerprint density at radius 3 is 2.62 bits per heavy atom. The molecule has 0 saturated heterocycles. The molecule has 1 N–H and O–H groups in total. The smallest absolute Gasteiger partial charge is 0.295 e. The predicted octanol–water partition coefficient (Wildman–Crippen LogP) is 2.48. The monoisotopic (exact) mass is 266 g/mol. The van der Waals surface area contributed by atoms with Crippen molar-refractivity contribution in [3.63, 3.8) is 0 Å². The molecule has 0 saturated carbocycles. The molecule has 86 valence electrons. The van der Waals surface area contributed by atoms with Crippen LogP contribution in [0.15, 0.2) is 18.2 Å². The number of nitro benzene ring substituents is 1. The van der Waals surface area contributed by atoms with Gasteiger partial charge in [-0.15, -0.1) is 0 Å². The van der Waals surface area contributed by atoms with Gasteiger partial charge in [0.1, 0.15) is 11.5 Å². The van der Waals surface area contributed by atoms with Gasteiger partial charge in [0.15, 0.2) is 4.84 Å². The third kappa shape index (κ3) is 3.04. The quantitative estimate of drug-likeness (QED) is 0.519. The van der Waals surface area contributed by atoms with Crippen molar-refractivity contribution in [3.05, 3.63) is 34.1 Å². The number of benzene rings is 1. The average molecular weight is 267 g/mol. The van der Waals surface area contributed by atoms with Gasteiger partial charge in [-0.2, -0.15) is 0 Å². The van der Waals surface area contributed by atoms with Crippen molar-refractivity contribution in [2.24, 2.45) is 0 Å². The van der Waals surface area contributed by atoms with Crippen LogP contribution >= 0.6 is 23.2 Å². The highest BCUT2D eigenvalue weighted by molar-refractivity contribution is 6.54. The number of amides is 1. The molecule has 16 heavy (non-hydrogen) atoms. The van der Waals surface area contributed by atoms with Crippen molar-refractivity contribution in [1.29, 1.82) is 0 Å². The minimum atomic E-state index is -1.36. The summed E-state index contributed by atoms with van der Waals surface area (Å²) in [5, 5.41) is 12.7. The molecule has 8 heteroatoms. The molecule has 0 bridgehead atoms. The van der Waals surface area contributed by atoms with Crippen LogP contribution in [0.1, 0.15) is 0 Å². The number of carbonyl (C=O) groups is 1. The molecule has 0 spiro atoms. The second-order valence-corrected chi connectivity index (χ2v) is 3.80. The van der Waals surface area contributed by atoms with Crippen molar-refractivity contribution in [3.8, 4) is 0 Å². The zero-order valence-electron chi connectivity index (χ0n) is 7.62. The number of nitrogens with zero attached hydrogens (tertiary/aromatic N) is 1. The Morgan fingerprint density at radius 1 is 1.50 bits per heavy atom. The molecule has 0 radical (unpaired) electrons. The van der Waals surface area contributed by atoms with Crippen LogP contribution in [0.4, 0.5) is 15.8 Å². The number of hydrogen-bond acceptors (Lipinski definition) is 3. The standard InChI is InChI=1S/C8H5Cl2FN2O3/c9-7(10)8(14)12-5-2-1-4(11)3-6(5)13(15)16/h1-3,7H,(H,12,14). The van der Waals surface area contributed by atoms with Crippen LogP contribution in [0.25, 0.3) is 0 Å². The first-order valence-corrected chi connectivity index (χ1v) is 4.82. The lowest BCUT2D eigenvalue weighted by Crippen LogP contribution is -2.19. The zero-order valence-corrected chi connectivity index (χ0v) is 9.13. The number of carbonyl (C=O) groups excluding carboxylic acids is 1. The summed E-state index contributed by atoms with van der Waals surface area (Å²) in [6.07, 6.45) is 0. The van der Waals surface area contributed by atoms with Crippen LogP contribution in [0, 0.1) is 15.9 Å². The van der Waals surface area contributed by atoms with Crippen molar-refractivity contribution in [1.82, 2.24) is 0 Å². The van der Waals surface area contributed by atoms with E-state index in [4.69, 9.17) is 23.2 Å². The molecule has 5 nitrogen and oxygen atoms in total. The van der Waals surface area contributed by atoms with Crippen LogP contribution in [-0.4, -0.2) is 15.7 Å². The number of alkyl halides is 2. The molecule has 0 aliphatic rings. The molecule has 0 aromatic heterocycles. The average Bonchev–Trinajstić information content (AvgIpc) is 2.20. The molecular formula is C8H5Cl2FN2O3. The predicted molar refractivity (Wildman–Crippen MR) is 57.2 cm³/mol. The number of nitrogens with one attached hydrogen (secondary N) is 1. The van der Waals surface area contributed by atoms with E-state index in [1.807, 2.05) is 0 Å². The largest absolute Gasteiger partial charge is 0.318 e. The summed E-state index contributed by atoms with van der Waals surface area (Å²) in [5.74, 6) is -1.60. The van der Waals surface area contributed by atoms with E-state index >= 15 is 0 Å². The number of nitro groups is 1. The minimum Gasteiger partial charge on any atom is -0.318 e. The molecule has 1 aromatic carbocycles.